The molecule has 0 saturated carbocycles. The molecular weight excluding hydrogens is 194 g/mol. The van der Waals surface area contributed by atoms with E-state index in [-0.39, 0.29) is 5.63 Å². The lowest BCUT2D eigenvalue weighted by molar-refractivity contribution is 0.560. The summed E-state index contributed by atoms with van der Waals surface area (Å²) in [5, 5.41) is 11.3. The standard InChI is InChI=1S/C10H7N3O2/c1-5-2-10(14)15-9-4-8-7(3-6(5)9)11-13-12-8/h2-4H,1H3,(H,11,12,13). The van der Waals surface area contributed by atoms with Gasteiger partial charge in [0.15, 0.2) is 0 Å². The molecule has 1 aromatic carbocycles. The molecule has 0 saturated heterocycles. The van der Waals surface area contributed by atoms with Crippen LogP contribution < -0.4 is 5.63 Å². The van der Waals surface area contributed by atoms with Gasteiger partial charge in [0.05, 0.1) is 0 Å². The predicted octanol–water partition coefficient (Wildman–Crippen LogP) is 1.37. The summed E-state index contributed by atoms with van der Waals surface area (Å²) in [7, 11) is 0. The third-order valence-corrected chi connectivity index (χ3v) is 2.39. The summed E-state index contributed by atoms with van der Waals surface area (Å²) in [6.07, 6.45) is 0. The molecule has 2 heterocycles. The Bertz CT molecular complexity index is 711. The lowest BCUT2D eigenvalue weighted by atomic mass is 10.1. The van der Waals surface area contributed by atoms with Crippen molar-refractivity contribution in [1.29, 1.82) is 0 Å². The molecule has 0 aliphatic heterocycles. The van der Waals surface area contributed by atoms with Crippen LogP contribution in [0.25, 0.3) is 22.0 Å². The Morgan fingerprint density at radius 3 is 2.73 bits per heavy atom. The maximum absolute atomic E-state index is 11.2. The maximum atomic E-state index is 11.2. The van der Waals surface area contributed by atoms with Crippen LogP contribution >= 0.6 is 0 Å². The molecule has 0 spiro atoms. The number of hydrogen-bond acceptors (Lipinski definition) is 4. The van der Waals surface area contributed by atoms with Crippen LogP contribution in [-0.4, -0.2) is 15.4 Å². The summed E-state index contributed by atoms with van der Waals surface area (Å²) in [6.45, 7) is 1.87. The first kappa shape index (κ1) is 8.16. The maximum Gasteiger partial charge on any atom is 0.336 e. The van der Waals surface area contributed by atoms with Gasteiger partial charge in [-0.1, -0.05) is 0 Å². The smallest absolute Gasteiger partial charge is 0.336 e. The molecule has 0 radical (unpaired) electrons. The molecule has 3 aromatic rings. The van der Waals surface area contributed by atoms with Crippen molar-refractivity contribution in [2.75, 3.05) is 0 Å². The summed E-state index contributed by atoms with van der Waals surface area (Å²) >= 11 is 0. The van der Waals surface area contributed by atoms with Gasteiger partial charge < -0.3 is 4.42 Å². The monoisotopic (exact) mass is 201 g/mol. The van der Waals surface area contributed by atoms with Crippen molar-refractivity contribution in [2.45, 2.75) is 6.92 Å². The number of hydrogen-bond donors (Lipinski definition) is 1. The van der Waals surface area contributed by atoms with Crippen molar-refractivity contribution in [1.82, 2.24) is 15.4 Å². The van der Waals surface area contributed by atoms with Gasteiger partial charge in [0, 0.05) is 17.5 Å². The molecule has 2 aromatic heterocycles. The number of rotatable bonds is 0. The molecule has 5 heteroatoms. The second kappa shape index (κ2) is 2.66. The number of aryl methyl sites for hydroxylation is 1. The molecule has 0 atom stereocenters. The number of fused-ring (bicyclic) bond motifs is 2. The number of aromatic nitrogens is 3. The highest BCUT2D eigenvalue weighted by Gasteiger charge is 2.06. The summed E-state index contributed by atoms with van der Waals surface area (Å²) in [4.78, 5) is 11.2. The summed E-state index contributed by atoms with van der Waals surface area (Å²) in [5.74, 6) is 0. The Hall–Kier alpha value is -2.17. The van der Waals surface area contributed by atoms with Gasteiger partial charge in [-0.2, -0.15) is 15.4 Å². The second-order valence-corrected chi connectivity index (χ2v) is 3.41. The molecule has 1 N–H and O–H groups in total. The third kappa shape index (κ3) is 1.13. The van der Waals surface area contributed by atoms with Gasteiger partial charge in [0.25, 0.3) is 0 Å². The number of H-pyrrole nitrogens is 1. The van der Waals surface area contributed by atoms with Crippen LogP contribution in [0, 0.1) is 6.92 Å². The Morgan fingerprint density at radius 1 is 1.20 bits per heavy atom. The quantitative estimate of drug-likeness (QED) is 0.557. The van der Waals surface area contributed by atoms with Crippen LogP contribution in [0.2, 0.25) is 0 Å². The van der Waals surface area contributed by atoms with Crippen molar-refractivity contribution in [2.24, 2.45) is 0 Å². The van der Waals surface area contributed by atoms with Crippen molar-refractivity contribution in [3.8, 4) is 0 Å². The van der Waals surface area contributed by atoms with E-state index in [4.69, 9.17) is 4.42 Å². The zero-order chi connectivity index (χ0) is 10.4. The van der Waals surface area contributed by atoms with Crippen molar-refractivity contribution in [3.63, 3.8) is 0 Å². The van der Waals surface area contributed by atoms with Gasteiger partial charge in [0.2, 0.25) is 0 Å². The van der Waals surface area contributed by atoms with Crippen LogP contribution in [0.4, 0.5) is 0 Å². The normalized spacial score (nSPS) is 11.3. The molecular formula is C10H7N3O2. The fourth-order valence-corrected chi connectivity index (χ4v) is 1.65. The van der Waals surface area contributed by atoms with E-state index in [1.165, 1.54) is 6.07 Å². The zero-order valence-corrected chi connectivity index (χ0v) is 7.94. The Kier molecular flexibility index (Phi) is 1.45. The summed E-state index contributed by atoms with van der Waals surface area (Å²) in [6, 6.07) is 5.03. The van der Waals surface area contributed by atoms with Crippen LogP contribution in [0.3, 0.4) is 0 Å². The van der Waals surface area contributed by atoms with Crippen LogP contribution in [-0.2, 0) is 0 Å². The number of nitrogens with one attached hydrogen (secondary N) is 1. The van der Waals surface area contributed by atoms with E-state index in [0.29, 0.717) is 11.1 Å². The van der Waals surface area contributed by atoms with Crippen molar-refractivity contribution in [3.05, 3.63) is 34.2 Å². The highest BCUT2D eigenvalue weighted by Crippen LogP contribution is 2.20. The van der Waals surface area contributed by atoms with Gasteiger partial charge in [-0.3, -0.25) is 0 Å². The Labute approximate surface area is 83.7 Å². The third-order valence-electron chi connectivity index (χ3n) is 2.39. The van der Waals surface area contributed by atoms with E-state index >= 15 is 0 Å². The molecule has 0 aliphatic carbocycles. The van der Waals surface area contributed by atoms with E-state index in [2.05, 4.69) is 15.4 Å². The SMILES string of the molecule is Cc1cc(=O)oc2cc3n[nH]nc3cc12. The topological polar surface area (TPSA) is 71.8 Å². The van der Waals surface area contributed by atoms with E-state index in [1.807, 2.05) is 13.0 Å². The van der Waals surface area contributed by atoms with Gasteiger partial charge in [0.1, 0.15) is 16.6 Å². The molecule has 3 rings (SSSR count). The van der Waals surface area contributed by atoms with E-state index < -0.39 is 0 Å². The van der Waals surface area contributed by atoms with Gasteiger partial charge in [-0.05, 0) is 18.6 Å². The molecule has 0 bridgehead atoms. The first-order chi connectivity index (χ1) is 7.24. The highest BCUT2D eigenvalue weighted by molar-refractivity contribution is 5.92. The minimum absolute atomic E-state index is 0.345. The van der Waals surface area contributed by atoms with Crippen LogP contribution in [0.5, 0.6) is 0 Å². The zero-order valence-electron chi connectivity index (χ0n) is 7.94. The molecule has 74 valence electrons. The van der Waals surface area contributed by atoms with Gasteiger partial charge in [-0.15, -0.1) is 0 Å². The van der Waals surface area contributed by atoms with E-state index in [0.717, 1.165) is 16.5 Å². The average Bonchev–Trinajstić information content (AvgIpc) is 2.61. The number of aromatic amines is 1. The van der Waals surface area contributed by atoms with E-state index in [1.54, 1.807) is 6.07 Å². The molecule has 0 aliphatic rings. The van der Waals surface area contributed by atoms with Crippen molar-refractivity contribution >= 4 is 22.0 Å². The molecule has 0 unspecified atom stereocenters. The van der Waals surface area contributed by atoms with Gasteiger partial charge in [-0.25, -0.2) is 4.79 Å². The summed E-state index contributed by atoms with van der Waals surface area (Å²) in [5.41, 5.74) is 2.53. The second-order valence-electron chi connectivity index (χ2n) is 3.41. The minimum atomic E-state index is -0.345. The Morgan fingerprint density at radius 2 is 1.93 bits per heavy atom. The molecule has 5 nitrogen and oxygen atoms in total. The van der Waals surface area contributed by atoms with Crippen LogP contribution in [0.1, 0.15) is 5.56 Å². The largest absolute Gasteiger partial charge is 0.423 e. The molecule has 15 heavy (non-hydrogen) atoms. The lowest BCUT2D eigenvalue weighted by Gasteiger charge is -1.98. The first-order valence-corrected chi connectivity index (χ1v) is 4.49. The van der Waals surface area contributed by atoms with Crippen LogP contribution in [0.15, 0.2) is 27.4 Å². The fourth-order valence-electron chi connectivity index (χ4n) is 1.65. The van der Waals surface area contributed by atoms with Crippen molar-refractivity contribution < 1.29 is 4.42 Å². The molecule has 0 fully saturated rings. The predicted molar refractivity (Wildman–Crippen MR) is 54.7 cm³/mol. The average molecular weight is 201 g/mol. The first-order valence-electron chi connectivity index (χ1n) is 4.49. The van der Waals surface area contributed by atoms with E-state index in [9.17, 15) is 4.79 Å². The number of benzene rings is 1. The van der Waals surface area contributed by atoms with Gasteiger partial charge >= 0.3 is 5.63 Å². The molecule has 0 amide bonds. The Balaban J connectivity index is 2.59. The minimum Gasteiger partial charge on any atom is -0.423 e. The lowest BCUT2D eigenvalue weighted by Crippen LogP contribution is -1.97. The summed E-state index contributed by atoms with van der Waals surface area (Å²) < 4.78 is 5.08. The highest BCUT2D eigenvalue weighted by atomic mass is 16.4. The fraction of sp³-hybridized carbons (Fsp3) is 0.100. The number of nitrogens with zero attached hydrogens (tertiary/aromatic N) is 2.